The van der Waals surface area contributed by atoms with Crippen LogP contribution in [0.3, 0.4) is 0 Å². The van der Waals surface area contributed by atoms with Gasteiger partial charge in [0.1, 0.15) is 0 Å². The highest BCUT2D eigenvalue weighted by atomic mass is 16.7. The van der Waals surface area contributed by atoms with E-state index in [1.165, 1.54) is 0 Å². The first-order chi connectivity index (χ1) is 9.29. The monoisotopic (exact) mass is 253 g/mol. The van der Waals surface area contributed by atoms with Gasteiger partial charge in [-0.25, -0.2) is 0 Å². The number of fused-ring (bicyclic) bond motifs is 2. The van der Waals surface area contributed by atoms with Gasteiger partial charge in [-0.3, -0.25) is 4.79 Å². The number of nitrogens with one attached hydrogen (secondary N) is 1. The van der Waals surface area contributed by atoms with E-state index in [1.54, 1.807) is 0 Å². The fraction of sp³-hybridized carbons (Fsp3) is 0.133. The lowest BCUT2D eigenvalue weighted by Gasteiger charge is -2.05. The zero-order valence-corrected chi connectivity index (χ0v) is 10.1. The molecule has 0 bridgehead atoms. The Labute approximate surface area is 110 Å². The lowest BCUT2D eigenvalue weighted by Crippen LogP contribution is -2.03. The van der Waals surface area contributed by atoms with Gasteiger partial charge >= 0.3 is 0 Å². The molecule has 0 unspecified atom stereocenters. The number of carbonyl (C=O) groups excluding carboxylic acids is 1. The summed E-state index contributed by atoms with van der Waals surface area (Å²) in [6.07, 6.45) is 0.452. The van der Waals surface area contributed by atoms with Gasteiger partial charge in [-0.15, -0.1) is 0 Å². The maximum Gasteiger partial charge on any atom is 0.231 e. The minimum absolute atomic E-state index is 0.0536. The molecular weight excluding hydrogens is 242 g/mol. The van der Waals surface area contributed by atoms with Crippen molar-refractivity contribution in [1.29, 1.82) is 0 Å². The Balaban J connectivity index is 1.77. The molecule has 0 saturated carbocycles. The van der Waals surface area contributed by atoms with E-state index in [9.17, 15) is 4.79 Å². The summed E-state index contributed by atoms with van der Waals surface area (Å²) < 4.78 is 10.7. The fourth-order valence-corrected chi connectivity index (χ4v) is 2.48. The van der Waals surface area contributed by atoms with Crippen molar-refractivity contribution in [2.75, 3.05) is 12.1 Å². The van der Waals surface area contributed by atoms with Gasteiger partial charge < -0.3 is 14.8 Å². The summed E-state index contributed by atoms with van der Waals surface area (Å²) in [7, 11) is 0. The molecule has 4 rings (SSSR count). The smallest absolute Gasteiger partial charge is 0.231 e. The molecule has 0 fully saturated rings. The zero-order valence-electron chi connectivity index (χ0n) is 10.1. The SMILES string of the molecule is O=C1Cc2cc(-c3ccc4c(c3)OCO4)ccc2N1. The van der Waals surface area contributed by atoms with Crippen molar-refractivity contribution in [1.82, 2.24) is 0 Å². The Morgan fingerprint density at radius 2 is 1.74 bits per heavy atom. The van der Waals surface area contributed by atoms with Gasteiger partial charge in [0.2, 0.25) is 12.7 Å². The van der Waals surface area contributed by atoms with E-state index < -0.39 is 0 Å². The van der Waals surface area contributed by atoms with Gasteiger partial charge in [0.25, 0.3) is 0 Å². The number of benzene rings is 2. The molecule has 0 radical (unpaired) electrons. The first-order valence-corrected chi connectivity index (χ1v) is 6.12. The third-order valence-corrected chi connectivity index (χ3v) is 3.44. The molecular formula is C15H11NO3. The van der Waals surface area contributed by atoms with Gasteiger partial charge in [-0.05, 0) is 41.0 Å². The van der Waals surface area contributed by atoms with Gasteiger partial charge in [-0.1, -0.05) is 12.1 Å². The predicted octanol–water partition coefficient (Wildman–Crippen LogP) is 2.58. The first-order valence-electron chi connectivity index (χ1n) is 6.12. The lowest BCUT2D eigenvalue weighted by molar-refractivity contribution is -0.115. The van der Waals surface area contributed by atoms with Crippen LogP contribution in [-0.4, -0.2) is 12.7 Å². The topological polar surface area (TPSA) is 47.6 Å². The third kappa shape index (κ3) is 1.64. The Hall–Kier alpha value is -2.49. The van der Waals surface area contributed by atoms with E-state index in [4.69, 9.17) is 9.47 Å². The molecule has 2 aliphatic rings. The second-order valence-electron chi connectivity index (χ2n) is 4.66. The number of carbonyl (C=O) groups is 1. The van der Waals surface area contributed by atoms with Crippen molar-refractivity contribution in [2.45, 2.75) is 6.42 Å². The average molecular weight is 253 g/mol. The highest BCUT2D eigenvalue weighted by molar-refractivity contribution is 5.99. The first kappa shape index (κ1) is 10.4. The van der Waals surface area contributed by atoms with Crippen molar-refractivity contribution in [3.05, 3.63) is 42.0 Å². The molecule has 1 N–H and O–H groups in total. The van der Waals surface area contributed by atoms with Crippen molar-refractivity contribution in [2.24, 2.45) is 0 Å². The predicted molar refractivity (Wildman–Crippen MR) is 70.3 cm³/mol. The van der Waals surface area contributed by atoms with Crippen LogP contribution in [-0.2, 0) is 11.2 Å². The van der Waals surface area contributed by atoms with E-state index in [-0.39, 0.29) is 12.7 Å². The molecule has 1 amide bonds. The average Bonchev–Trinajstić information content (AvgIpc) is 3.01. The Morgan fingerprint density at radius 1 is 0.947 bits per heavy atom. The molecule has 0 atom stereocenters. The minimum Gasteiger partial charge on any atom is -0.454 e. The Bertz CT molecular complexity index is 694. The Kier molecular flexibility index (Phi) is 2.06. The molecule has 2 aromatic carbocycles. The molecule has 2 aliphatic heterocycles. The third-order valence-electron chi connectivity index (χ3n) is 3.44. The van der Waals surface area contributed by atoms with Crippen LogP contribution in [0, 0.1) is 0 Å². The molecule has 2 heterocycles. The van der Waals surface area contributed by atoms with Crippen LogP contribution < -0.4 is 14.8 Å². The molecule has 4 nitrogen and oxygen atoms in total. The molecule has 2 aromatic rings. The van der Waals surface area contributed by atoms with Crippen LogP contribution in [0.5, 0.6) is 11.5 Å². The number of hydrogen-bond donors (Lipinski definition) is 1. The van der Waals surface area contributed by atoms with Gasteiger partial charge in [0.15, 0.2) is 11.5 Å². The number of hydrogen-bond acceptors (Lipinski definition) is 3. The zero-order chi connectivity index (χ0) is 12.8. The largest absolute Gasteiger partial charge is 0.454 e. The molecule has 0 aliphatic carbocycles. The van der Waals surface area contributed by atoms with Crippen LogP contribution in [0.1, 0.15) is 5.56 Å². The van der Waals surface area contributed by atoms with Gasteiger partial charge in [-0.2, -0.15) is 0 Å². The van der Waals surface area contributed by atoms with Gasteiger partial charge in [0.05, 0.1) is 6.42 Å². The number of amides is 1. The highest BCUT2D eigenvalue weighted by Crippen LogP contribution is 2.37. The van der Waals surface area contributed by atoms with Crippen molar-refractivity contribution in [3.8, 4) is 22.6 Å². The van der Waals surface area contributed by atoms with E-state index in [0.717, 1.165) is 33.9 Å². The summed E-state index contributed by atoms with van der Waals surface area (Å²) >= 11 is 0. The maximum absolute atomic E-state index is 11.4. The van der Waals surface area contributed by atoms with E-state index >= 15 is 0 Å². The normalized spacial score (nSPS) is 15.3. The number of anilines is 1. The standard InChI is InChI=1S/C15H11NO3/c17-15-7-11-5-9(1-3-12(11)16-15)10-2-4-13-14(6-10)19-8-18-13/h1-6H,7-8H2,(H,16,17). The van der Waals surface area contributed by atoms with Crippen LogP contribution in [0.4, 0.5) is 5.69 Å². The number of rotatable bonds is 1. The summed E-state index contributed by atoms with van der Waals surface area (Å²) in [6.45, 7) is 0.279. The minimum atomic E-state index is 0.0536. The van der Waals surface area contributed by atoms with Crippen LogP contribution in [0.15, 0.2) is 36.4 Å². The second kappa shape index (κ2) is 3.75. The molecule has 0 saturated heterocycles. The highest BCUT2D eigenvalue weighted by Gasteiger charge is 2.19. The van der Waals surface area contributed by atoms with Crippen molar-refractivity contribution >= 4 is 11.6 Å². The maximum atomic E-state index is 11.4. The fourth-order valence-electron chi connectivity index (χ4n) is 2.48. The van der Waals surface area contributed by atoms with Crippen LogP contribution in [0.2, 0.25) is 0 Å². The number of ether oxygens (including phenoxy) is 2. The quantitative estimate of drug-likeness (QED) is 0.849. The van der Waals surface area contributed by atoms with Gasteiger partial charge in [0, 0.05) is 5.69 Å². The van der Waals surface area contributed by atoms with E-state index in [0.29, 0.717) is 6.42 Å². The Morgan fingerprint density at radius 3 is 2.68 bits per heavy atom. The second-order valence-corrected chi connectivity index (χ2v) is 4.66. The molecule has 19 heavy (non-hydrogen) atoms. The van der Waals surface area contributed by atoms with Crippen LogP contribution >= 0.6 is 0 Å². The molecule has 94 valence electrons. The van der Waals surface area contributed by atoms with E-state index in [2.05, 4.69) is 5.32 Å². The summed E-state index contributed by atoms with van der Waals surface area (Å²) in [5.41, 5.74) is 4.09. The summed E-state index contributed by atoms with van der Waals surface area (Å²) in [5, 5.41) is 2.83. The lowest BCUT2D eigenvalue weighted by atomic mass is 10.0. The summed E-state index contributed by atoms with van der Waals surface area (Å²) in [6, 6.07) is 11.9. The molecule has 0 spiro atoms. The molecule has 0 aromatic heterocycles. The van der Waals surface area contributed by atoms with Crippen molar-refractivity contribution in [3.63, 3.8) is 0 Å². The molecule has 4 heteroatoms. The summed E-state index contributed by atoms with van der Waals surface area (Å²) in [5.74, 6) is 1.60. The van der Waals surface area contributed by atoms with E-state index in [1.807, 2.05) is 36.4 Å². The summed E-state index contributed by atoms with van der Waals surface area (Å²) in [4.78, 5) is 11.4. The van der Waals surface area contributed by atoms with Crippen molar-refractivity contribution < 1.29 is 14.3 Å². The van der Waals surface area contributed by atoms with Crippen LogP contribution in [0.25, 0.3) is 11.1 Å².